The first kappa shape index (κ1) is 9.55. The third-order valence-electron chi connectivity index (χ3n) is 3.32. The van der Waals surface area contributed by atoms with Gasteiger partial charge in [-0.05, 0) is 6.92 Å². The normalized spacial score (nSPS) is 27.7. The van der Waals surface area contributed by atoms with E-state index in [1.54, 1.807) is 0 Å². The zero-order valence-corrected chi connectivity index (χ0v) is 9.30. The summed E-state index contributed by atoms with van der Waals surface area (Å²) >= 11 is 0. The van der Waals surface area contributed by atoms with Crippen molar-refractivity contribution in [3.63, 3.8) is 0 Å². The first-order chi connectivity index (χ1) is 7.84. The highest BCUT2D eigenvalue weighted by Crippen LogP contribution is 2.33. The highest BCUT2D eigenvalue weighted by atomic mass is 15.4. The van der Waals surface area contributed by atoms with Gasteiger partial charge in [-0.25, -0.2) is 5.32 Å². The smallest absolute Gasteiger partial charge is 0.239 e. The molecule has 16 heavy (non-hydrogen) atoms. The number of nitrogens with one attached hydrogen (secondary N) is 1. The summed E-state index contributed by atoms with van der Waals surface area (Å²) in [5.74, 6) is 0. The molecule has 1 aliphatic heterocycles. The lowest BCUT2D eigenvalue weighted by atomic mass is 10.0. The summed E-state index contributed by atoms with van der Waals surface area (Å²) in [5.41, 5.74) is 1.28. The number of benzene rings is 1. The van der Waals surface area contributed by atoms with E-state index in [0.717, 1.165) is 0 Å². The molecule has 0 amide bonds. The van der Waals surface area contributed by atoms with Crippen LogP contribution in [0.1, 0.15) is 12.5 Å². The van der Waals surface area contributed by atoms with Gasteiger partial charge in [0.05, 0.1) is 6.04 Å². The predicted molar refractivity (Wildman–Crippen MR) is 62.8 cm³/mol. The number of pyridine rings is 1. The zero-order chi connectivity index (χ0) is 11.0. The summed E-state index contributed by atoms with van der Waals surface area (Å²) in [7, 11) is 0. The molecule has 2 atom stereocenters. The molecule has 1 aromatic carbocycles. The minimum Gasteiger partial charge on any atom is -0.239 e. The van der Waals surface area contributed by atoms with Crippen LogP contribution in [0, 0.1) is 0 Å². The SMILES string of the molecule is C[C@H]1N[C@@]1(c1ccccc1)[n+]1ccccc1. The molecule has 1 saturated heterocycles. The van der Waals surface area contributed by atoms with Crippen molar-refractivity contribution in [3.8, 4) is 0 Å². The van der Waals surface area contributed by atoms with Gasteiger partial charge in [0.15, 0.2) is 12.4 Å². The topological polar surface area (TPSA) is 25.8 Å². The van der Waals surface area contributed by atoms with E-state index in [1.165, 1.54) is 5.56 Å². The first-order valence-electron chi connectivity index (χ1n) is 5.64. The fraction of sp³-hybridized carbons (Fsp3) is 0.214. The third kappa shape index (κ3) is 1.27. The molecule has 0 unspecified atom stereocenters. The average molecular weight is 211 g/mol. The molecule has 0 bridgehead atoms. The van der Waals surface area contributed by atoms with Crippen molar-refractivity contribution in [3.05, 3.63) is 66.5 Å². The zero-order valence-electron chi connectivity index (χ0n) is 9.30. The Balaban J connectivity index is 2.10. The van der Waals surface area contributed by atoms with Crippen molar-refractivity contribution in [1.82, 2.24) is 5.32 Å². The highest BCUT2D eigenvalue weighted by Gasteiger charge is 2.61. The van der Waals surface area contributed by atoms with E-state index in [-0.39, 0.29) is 5.66 Å². The standard InChI is InChI=1S/C14H15N2/c1-12-14(15-12,13-8-4-2-5-9-13)16-10-6-3-7-11-16/h2-12,15H,1H3/q+1/t12-,14-/m1/s1. The average Bonchev–Trinajstić information content (AvgIpc) is 3.05. The van der Waals surface area contributed by atoms with Crippen molar-refractivity contribution in [1.29, 1.82) is 0 Å². The fourth-order valence-corrected chi connectivity index (χ4v) is 2.40. The first-order valence-corrected chi connectivity index (χ1v) is 5.64. The molecule has 1 aliphatic rings. The Bertz CT molecular complexity index is 439. The number of hydrogen-bond acceptors (Lipinski definition) is 1. The van der Waals surface area contributed by atoms with Gasteiger partial charge >= 0.3 is 0 Å². The van der Waals surface area contributed by atoms with Gasteiger partial charge in [0.1, 0.15) is 0 Å². The van der Waals surface area contributed by atoms with Crippen LogP contribution >= 0.6 is 0 Å². The molecule has 2 heteroatoms. The molecule has 3 rings (SSSR count). The summed E-state index contributed by atoms with van der Waals surface area (Å²) < 4.78 is 2.24. The van der Waals surface area contributed by atoms with E-state index < -0.39 is 0 Å². The molecule has 0 spiro atoms. The van der Waals surface area contributed by atoms with Gasteiger partial charge in [-0.1, -0.05) is 36.4 Å². The van der Waals surface area contributed by atoms with Crippen molar-refractivity contribution >= 4 is 0 Å². The minimum absolute atomic E-state index is 0.0392. The number of nitrogens with zero attached hydrogens (tertiary/aromatic N) is 1. The molecule has 1 aromatic heterocycles. The summed E-state index contributed by atoms with van der Waals surface area (Å²) in [6.45, 7) is 2.22. The minimum atomic E-state index is -0.0392. The quantitative estimate of drug-likeness (QED) is 0.593. The molecule has 0 saturated carbocycles. The van der Waals surface area contributed by atoms with Crippen molar-refractivity contribution in [2.45, 2.75) is 18.6 Å². The van der Waals surface area contributed by atoms with Gasteiger partial charge < -0.3 is 0 Å². The summed E-state index contributed by atoms with van der Waals surface area (Å²) in [5, 5.41) is 3.54. The summed E-state index contributed by atoms with van der Waals surface area (Å²) in [6.07, 6.45) is 4.23. The maximum atomic E-state index is 3.54. The third-order valence-corrected chi connectivity index (χ3v) is 3.32. The van der Waals surface area contributed by atoms with Crippen LogP contribution in [0.15, 0.2) is 60.9 Å². The second kappa shape index (κ2) is 3.42. The van der Waals surface area contributed by atoms with Crippen LogP contribution in [-0.2, 0) is 5.66 Å². The lowest BCUT2D eigenvalue weighted by Crippen LogP contribution is -2.50. The monoisotopic (exact) mass is 211 g/mol. The van der Waals surface area contributed by atoms with Crippen molar-refractivity contribution in [2.24, 2.45) is 0 Å². The van der Waals surface area contributed by atoms with Gasteiger partial charge in [0.2, 0.25) is 0 Å². The predicted octanol–water partition coefficient (Wildman–Crippen LogP) is 1.67. The maximum Gasteiger partial charge on any atom is 0.263 e. The summed E-state index contributed by atoms with van der Waals surface area (Å²) in [4.78, 5) is 0. The number of hydrogen-bond donors (Lipinski definition) is 1. The lowest BCUT2D eigenvalue weighted by Gasteiger charge is -2.09. The van der Waals surface area contributed by atoms with Crippen LogP contribution in [0.2, 0.25) is 0 Å². The Labute approximate surface area is 95.6 Å². The largest absolute Gasteiger partial charge is 0.263 e. The molecule has 2 heterocycles. The van der Waals surface area contributed by atoms with Gasteiger partial charge in [0.25, 0.3) is 5.66 Å². The van der Waals surface area contributed by atoms with E-state index in [2.05, 4.69) is 71.7 Å². The molecule has 1 N–H and O–H groups in total. The molecule has 0 radical (unpaired) electrons. The van der Waals surface area contributed by atoms with E-state index in [9.17, 15) is 0 Å². The maximum absolute atomic E-state index is 3.54. The van der Waals surface area contributed by atoms with E-state index >= 15 is 0 Å². The fourth-order valence-electron chi connectivity index (χ4n) is 2.40. The van der Waals surface area contributed by atoms with E-state index in [1.807, 2.05) is 6.07 Å². The van der Waals surface area contributed by atoms with Gasteiger partial charge in [-0.2, -0.15) is 4.57 Å². The van der Waals surface area contributed by atoms with Gasteiger partial charge in [0, 0.05) is 17.7 Å². The molecular weight excluding hydrogens is 196 g/mol. The molecule has 2 aromatic rings. The Morgan fingerprint density at radius 2 is 1.56 bits per heavy atom. The van der Waals surface area contributed by atoms with Crippen molar-refractivity contribution < 1.29 is 4.57 Å². The van der Waals surface area contributed by atoms with Crippen molar-refractivity contribution in [2.75, 3.05) is 0 Å². The van der Waals surface area contributed by atoms with Gasteiger partial charge in [-0.3, -0.25) is 0 Å². The molecular formula is C14H15N2+. The molecule has 80 valence electrons. The molecule has 1 fully saturated rings. The Kier molecular flexibility index (Phi) is 2.04. The molecule has 2 nitrogen and oxygen atoms in total. The summed E-state index contributed by atoms with van der Waals surface area (Å²) in [6, 6.07) is 17.2. The number of rotatable bonds is 2. The Morgan fingerprint density at radius 1 is 1.00 bits per heavy atom. The van der Waals surface area contributed by atoms with Crippen LogP contribution in [0.3, 0.4) is 0 Å². The van der Waals surface area contributed by atoms with Crippen LogP contribution in [0.5, 0.6) is 0 Å². The molecule has 0 aliphatic carbocycles. The second-order valence-electron chi connectivity index (χ2n) is 4.28. The lowest BCUT2D eigenvalue weighted by molar-refractivity contribution is -0.732. The Morgan fingerprint density at radius 3 is 2.12 bits per heavy atom. The van der Waals surface area contributed by atoms with Gasteiger partial charge in [-0.15, -0.1) is 0 Å². The van der Waals surface area contributed by atoms with Crippen LogP contribution in [0.25, 0.3) is 0 Å². The Hall–Kier alpha value is -1.67. The highest BCUT2D eigenvalue weighted by molar-refractivity contribution is 5.29. The van der Waals surface area contributed by atoms with Crippen LogP contribution in [-0.4, -0.2) is 6.04 Å². The van der Waals surface area contributed by atoms with E-state index in [4.69, 9.17) is 0 Å². The second-order valence-corrected chi connectivity index (χ2v) is 4.28. The van der Waals surface area contributed by atoms with Crippen LogP contribution < -0.4 is 9.88 Å². The van der Waals surface area contributed by atoms with Crippen LogP contribution in [0.4, 0.5) is 0 Å². The van der Waals surface area contributed by atoms with E-state index in [0.29, 0.717) is 6.04 Å². The number of aromatic nitrogens is 1.